The first kappa shape index (κ1) is 26.0. The standard InChI is InChI=1S/C29H28ClN3O4/c1-19(24-6-4-5-7-26(24)30)37-29(35)32-28-25(18-31-33(28)2)23-15-13-22(14-16-23)21-11-8-20(9-12-21)10-17-27(34)36-3/h4-9,11-16,18-19H,10,17H2,1-3H3,(H,32,35)/t19-/m1/s1. The highest BCUT2D eigenvalue weighted by atomic mass is 35.5. The van der Waals surface area contributed by atoms with Crippen molar-refractivity contribution in [3.8, 4) is 22.3 Å². The first-order valence-corrected chi connectivity index (χ1v) is 12.2. The second kappa shape index (κ2) is 11.8. The number of ether oxygens (including phenoxy) is 2. The molecule has 8 heteroatoms. The zero-order valence-corrected chi connectivity index (χ0v) is 21.7. The van der Waals surface area contributed by atoms with Gasteiger partial charge in [-0.25, -0.2) is 4.79 Å². The van der Waals surface area contributed by atoms with E-state index >= 15 is 0 Å². The summed E-state index contributed by atoms with van der Waals surface area (Å²) >= 11 is 6.23. The SMILES string of the molecule is COC(=O)CCc1ccc(-c2ccc(-c3cnn(C)c3NC(=O)O[C@H](C)c3ccccc3Cl)cc2)cc1. The molecule has 37 heavy (non-hydrogen) atoms. The van der Waals surface area contributed by atoms with Crippen LogP contribution in [0.25, 0.3) is 22.3 Å². The van der Waals surface area contributed by atoms with E-state index in [2.05, 4.69) is 10.4 Å². The average Bonchev–Trinajstić information content (AvgIpc) is 3.27. The summed E-state index contributed by atoms with van der Waals surface area (Å²) in [4.78, 5) is 24.0. The number of nitrogens with zero attached hydrogens (tertiary/aromatic N) is 2. The maximum absolute atomic E-state index is 12.7. The van der Waals surface area contributed by atoms with Crippen LogP contribution in [0.4, 0.5) is 10.6 Å². The van der Waals surface area contributed by atoms with Crippen LogP contribution in [0.15, 0.2) is 79.0 Å². The summed E-state index contributed by atoms with van der Waals surface area (Å²) in [5.74, 6) is 0.311. The molecule has 0 fully saturated rings. The van der Waals surface area contributed by atoms with Gasteiger partial charge in [0.25, 0.3) is 0 Å². The Hall–Kier alpha value is -4.10. The average molecular weight is 518 g/mol. The van der Waals surface area contributed by atoms with Gasteiger partial charge in [0.1, 0.15) is 11.9 Å². The maximum atomic E-state index is 12.7. The third-order valence-electron chi connectivity index (χ3n) is 6.11. The fraction of sp³-hybridized carbons (Fsp3) is 0.207. The molecule has 0 unspecified atom stereocenters. The molecule has 0 saturated carbocycles. The minimum Gasteiger partial charge on any atom is -0.469 e. The van der Waals surface area contributed by atoms with Gasteiger partial charge in [0, 0.05) is 29.6 Å². The number of anilines is 1. The van der Waals surface area contributed by atoms with E-state index in [0.29, 0.717) is 23.7 Å². The van der Waals surface area contributed by atoms with E-state index in [-0.39, 0.29) is 5.97 Å². The fourth-order valence-electron chi connectivity index (χ4n) is 4.01. The topological polar surface area (TPSA) is 82.5 Å². The number of rotatable bonds is 8. The summed E-state index contributed by atoms with van der Waals surface area (Å²) < 4.78 is 11.9. The van der Waals surface area contributed by atoms with Crippen LogP contribution < -0.4 is 5.32 Å². The van der Waals surface area contributed by atoms with Crippen molar-refractivity contribution in [3.63, 3.8) is 0 Å². The monoisotopic (exact) mass is 517 g/mol. The predicted octanol–water partition coefficient (Wildman–Crippen LogP) is 6.82. The molecule has 0 aliphatic carbocycles. The Morgan fingerprint density at radius 3 is 2.24 bits per heavy atom. The number of halogens is 1. The molecule has 1 amide bonds. The van der Waals surface area contributed by atoms with Crippen molar-refractivity contribution in [3.05, 3.63) is 95.1 Å². The molecule has 4 aromatic rings. The Morgan fingerprint density at radius 1 is 0.973 bits per heavy atom. The van der Waals surface area contributed by atoms with Crippen LogP contribution >= 0.6 is 11.6 Å². The van der Waals surface area contributed by atoms with Crippen LogP contribution in [0.1, 0.15) is 30.6 Å². The van der Waals surface area contributed by atoms with Crippen LogP contribution in [0.3, 0.4) is 0 Å². The van der Waals surface area contributed by atoms with Gasteiger partial charge in [-0.15, -0.1) is 0 Å². The van der Waals surface area contributed by atoms with E-state index < -0.39 is 12.2 Å². The third kappa shape index (κ3) is 6.37. The number of carbonyl (C=O) groups is 2. The Bertz CT molecular complexity index is 1380. The molecular weight excluding hydrogens is 490 g/mol. The Labute approximate surface area is 221 Å². The molecule has 0 aliphatic rings. The van der Waals surface area contributed by atoms with E-state index in [4.69, 9.17) is 21.1 Å². The second-order valence-corrected chi connectivity index (χ2v) is 8.98. The molecule has 0 bridgehead atoms. The lowest BCUT2D eigenvalue weighted by molar-refractivity contribution is -0.140. The maximum Gasteiger partial charge on any atom is 0.413 e. The van der Waals surface area contributed by atoms with Gasteiger partial charge in [0.2, 0.25) is 0 Å². The molecule has 1 N–H and O–H groups in total. The first-order valence-electron chi connectivity index (χ1n) is 11.9. The Balaban J connectivity index is 1.44. The van der Waals surface area contributed by atoms with Crippen LogP contribution in [0.2, 0.25) is 5.02 Å². The van der Waals surface area contributed by atoms with Crippen molar-refractivity contribution in [2.45, 2.75) is 25.9 Å². The summed E-state index contributed by atoms with van der Waals surface area (Å²) in [5, 5.41) is 7.68. The first-order chi connectivity index (χ1) is 17.9. The van der Waals surface area contributed by atoms with Gasteiger partial charge >= 0.3 is 12.1 Å². The van der Waals surface area contributed by atoms with Gasteiger partial charge in [-0.05, 0) is 41.7 Å². The third-order valence-corrected chi connectivity index (χ3v) is 6.46. The minimum atomic E-state index is -0.596. The van der Waals surface area contributed by atoms with Gasteiger partial charge in [-0.2, -0.15) is 5.10 Å². The number of nitrogens with one attached hydrogen (secondary N) is 1. The van der Waals surface area contributed by atoms with Crippen molar-refractivity contribution in [1.29, 1.82) is 0 Å². The number of esters is 1. The second-order valence-electron chi connectivity index (χ2n) is 8.57. The number of aromatic nitrogens is 2. The molecule has 0 saturated heterocycles. The molecular formula is C29H28ClN3O4. The molecule has 190 valence electrons. The number of carbonyl (C=O) groups excluding carboxylic acids is 2. The highest BCUT2D eigenvalue weighted by Crippen LogP contribution is 2.31. The lowest BCUT2D eigenvalue weighted by Gasteiger charge is -2.16. The molecule has 3 aromatic carbocycles. The Morgan fingerprint density at radius 2 is 1.59 bits per heavy atom. The quantitative estimate of drug-likeness (QED) is 0.259. The largest absolute Gasteiger partial charge is 0.469 e. The van der Waals surface area contributed by atoms with Crippen molar-refractivity contribution in [1.82, 2.24) is 9.78 Å². The van der Waals surface area contributed by atoms with Gasteiger partial charge in [0.05, 0.1) is 13.3 Å². The van der Waals surface area contributed by atoms with Crippen LogP contribution in [0, 0.1) is 0 Å². The zero-order valence-electron chi connectivity index (χ0n) is 20.9. The number of methoxy groups -OCH3 is 1. The minimum absolute atomic E-state index is 0.215. The van der Waals surface area contributed by atoms with E-state index in [1.807, 2.05) is 66.7 Å². The zero-order chi connectivity index (χ0) is 26.4. The van der Waals surface area contributed by atoms with E-state index in [1.165, 1.54) is 7.11 Å². The number of hydrogen-bond acceptors (Lipinski definition) is 5. The summed E-state index contributed by atoms with van der Waals surface area (Å²) in [5.41, 5.74) is 5.60. The number of amides is 1. The number of hydrogen-bond donors (Lipinski definition) is 1. The summed E-state index contributed by atoms with van der Waals surface area (Å²) in [6.07, 6.45) is 1.59. The van der Waals surface area contributed by atoms with Crippen molar-refractivity contribution in [2.75, 3.05) is 12.4 Å². The fourth-order valence-corrected chi connectivity index (χ4v) is 4.30. The lowest BCUT2D eigenvalue weighted by atomic mass is 9.99. The van der Waals surface area contributed by atoms with Gasteiger partial charge in [0.15, 0.2) is 0 Å². The van der Waals surface area contributed by atoms with Crippen molar-refractivity contribution in [2.24, 2.45) is 7.05 Å². The predicted molar refractivity (Wildman–Crippen MR) is 144 cm³/mol. The summed E-state index contributed by atoms with van der Waals surface area (Å²) in [7, 11) is 3.15. The van der Waals surface area contributed by atoms with Crippen molar-refractivity contribution >= 4 is 29.5 Å². The Kier molecular flexibility index (Phi) is 8.25. The van der Waals surface area contributed by atoms with Crippen molar-refractivity contribution < 1.29 is 19.1 Å². The molecule has 4 rings (SSSR count). The molecule has 1 atom stereocenters. The molecule has 0 aliphatic heterocycles. The highest BCUT2D eigenvalue weighted by molar-refractivity contribution is 6.31. The van der Waals surface area contributed by atoms with Crippen LogP contribution in [0.5, 0.6) is 0 Å². The lowest BCUT2D eigenvalue weighted by Crippen LogP contribution is -2.18. The summed E-state index contributed by atoms with van der Waals surface area (Å²) in [6.45, 7) is 1.77. The van der Waals surface area contributed by atoms with Gasteiger partial charge in [-0.1, -0.05) is 78.3 Å². The molecule has 0 spiro atoms. The van der Waals surface area contributed by atoms with E-state index in [0.717, 1.165) is 33.4 Å². The molecule has 1 heterocycles. The highest BCUT2D eigenvalue weighted by Gasteiger charge is 2.18. The van der Waals surface area contributed by atoms with Crippen LogP contribution in [-0.4, -0.2) is 29.0 Å². The number of benzene rings is 3. The molecule has 7 nitrogen and oxygen atoms in total. The molecule has 0 radical (unpaired) electrons. The van der Waals surface area contributed by atoms with Gasteiger partial charge < -0.3 is 9.47 Å². The van der Waals surface area contributed by atoms with Crippen LogP contribution in [-0.2, 0) is 27.7 Å². The van der Waals surface area contributed by atoms with E-state index in [9.17, 15) is 9.59 Å². The van der Waals surface area contributed by atoms with Gasteiger partial charge in [-0.3, -0.25) is 14.8 Å². The smallest absolute Gasteiger partial charge is 0.413 e. The molecule has 1 aromatic heterocycles. The summed E-state index contributed by atoms with van der Waals surface area (Å²) in [6, 6.07) is 23.4. The van der Waals surface area contributed by atoms with E-state index in [1.54, 1.807) is 30.9 Å². The normalized spacial score (nSPS) is 11.6. The number of aryl methyl sites for hydroxylation is 2.